The van der Waals surface area contributed by atoms with Gasteiger partial charge in [0.1, 0.15) is 0 Å². The molecule has 0 saturated heterocycles. The molecule has 0 fully saturated rings. The summed E-state index contributed by atoms with van der Waals surface area (Å²) in [6, 6.07) is 14.7. The van der Waals surface area contributed by atoms with Crippen molar-refractivity contribution in [3.63, 3.8) is 0 Å². The Morgan fingerprint density at radius 1 is 0.679 bits per heavy atom. The summed E-state index contributed by atoms with van der Waals surface area (Å²) in [5.74, 6) is 0. The second kappa shape index (κ2) is 5.67. The van der Waals surface area contributed by atoms with Crippen LogP contribution in [0.3, 0.4) is 0 Å². The first kappa shape index (κ1) is 17.0. The maximum atomic E-state index is 13.1. The minimum Gasteiger partial charge on any atom is -0.354 e. The SMILES string of the molecule is O=c1c2ccccc2[nH]c2cc3c(=O)c4c(S(=O)(=O)Cl)cccc4[nH]c3cc12. The summed E-state index contributed by atoms with van der Waals surface area (Å²) in [5.41, 5.74) is 1.29. The first-order valence-electron chi connectivity index (χ1n) is 8.33. The van der Waals surface area contributed by atoms with Crippen LogP contribution in [-0.2, 0) is 9.05 Å². The molecular formula is C20H11ClN2O4S. The predicted octanol–water partition coefficient (Wildman–Crippen LogP) is 3.60. The number of pyridine rings is 2. The number of rotatable bonds is 1. The summed E-state index contributed by atoms with van der Waals surface area (Å²) < 4.78 is 23.8. The first-order chi connectivity index (χ1) is 13.3. The summed E-state index contributed by atoms with van der Waals surface area (Å²) in [5, 5.41) is 1.24. The van der Waals surface area contributed by atoms with Crippen LogP contribution in [0.5, 0.6) is 0 Å². The molecule has 0 radical (unpaired) electrons. The summed E-state index contributed by atoms with van der Waals surface area (Å²) in [7, 11) is 1.41. The molecule has 0 saturated carbocycles. The third kappa shape index (κ3) is 2.37. The molecule has 0 aliphatic rings. The number of aromatic amines is 2. The van der Waals surface area contributed by atoms with Gasteiger partial charge in [-0.1, -0.05) is 18.2 Å². The van der Waals surface area contributed by atoms with E-state index in [-0.39, 0.29) is 21.1 Å². The normalized spacial score (nSPS) is 12.3. The Morgan fingerprint density at radius 2 is 1.29 bits per heavy atom. The lowest BCUT2D eigenvalue weighted by Crippen LogP contribution is -2.10. The Kier molecular flexibility index (Phi) is 3.44. The lowest BCUT2D eigenvalue weighted by molar-refractivity contribution is 0.610. The fourth-order valence-electron chi connectivity index (χ4n) is 3.61. The van der Waals surface area contributed by atoms with Crippen LogP contribution in [0.15, 0.2) is 69.1 Å². The molecule has 5 rings (SSSR count). The van der Waals surface area contributed by atoms with Crippen LogP contribution >= 0.6 is 10.7 Å². The lowest BCUT2D eigenvalue weighted by Gasteiger charge is -2.08. The summed E-state index contributed by atoms with van der Waals surface area (Å²) in [6.45, 7) is 0. The highest BCUT2D eigenvalue weighted by Crippen LogP contribution is 2.26. The lowest BCUT2D eigenvalue weighted by atomic mass is 10.1. The highest BCUT2D eigenvalue weighted by atomic mass is 35.7. The largest absolute Gasteiger partial charge is 0.354 e. The molecule has 0 aliphatic carbocycles. The van der Waals surface area contributed by atoms with Gasteiger partial charge in [-0.2, -0.15) is 0 Å². The second-order valence-electron chi connectivity index (χ2n) is 6.51. The Balaban J connectivity index is 2.02. The van der Waals surface area contributed by atoms with Crippen LogP contribution in [0.1, 0.15) is 0 Å². The summed E-state index contributed by atoms with van der Waals surface area (Å²) in [4.78, 5) is 31.9. The number of para-hydroxylation sites is 1. The number of fused-ring (bicyclic) bond motifs is 4. The monoisotopic (exact) mass is 410 g/mol. The molecule has 3 aromatic carbocycles. The zero-order valence-electron chi connectivity index (χ0n) is 14.1. The van der Waals surface area contributed by atoms with Gasteiger partial charge in [0.15, 0.2) is 10.9 Å². The Morgan fingerprint density at radius 3 is 2.00 bits per heavy atom. The number of H-pyrrole nitrogens is 2. The fourth-order valence-corrected chi connectivity index (χ4v) is 4.69. The van der Waals surface area contributed by atoms with Gasteiger partial charge in [0.25, 0.3) is 9.05 Å². The molecular weight excluding hydrogens is 400 g/mol. The van der Waals surface area contributed by atoms with E-state index in [9.17, 15) is 18.0 Å². The van der Waals surface area contributed by atoms with E-state index in [1.54, 1.807) is 36.4 Å². The Labute approximate surface area is 161 Å². The van der Waals surface area contributed by atoms with E-state index in [1.807, 2.05) is 6.07 Å². The van der Waals surface area contributed by atoms with Crippen molar-refractivity contribution in [2.24, 2.45) is 0 Å². The zero-order chi connectivity index (χ0) is 19.6. The van der Waals surface area contributed by atoms with E-state index < -0.39 is 14.5 Å². The highest BCUT2D eigenvalue weighted by Gasteiger charge is 2.19. The van der Waals surface area contributed by atoms with Gasteiger partial charge >= 0.3 is 0 Å². The average Bonchev–Trinajstić information content (AvgIpc) is 2.66. The van der Waals surface area contributed by atoms with Crippen molar-refractivity contribution in [3.05, 3.63) is 75.0 Å². The van der Waals surface area contributed by atoms with Crippen LogP contribution in [0.4, 0.5) is 0 Å². The number of hydrogen-bond acceptors (Lipinski definition) is 4. The second-order valence-corrected chi connectivity index (χ2v) is 9.05. The van der Waals surface area contributed by atoms with Gasteiger partial charge in [-0.15, -0.1) is 0 Å². The van der Waals surface area contributed by atoms with E-state index in [4.69, 9.17) is 10.7 Å². The van der Waals surface area contributed by atoms with Gasteiger partial charge in [-0.05, 0) is 36.4 Å². The third-order valence-electron chi connectivity index (χ3n) is 4.87. The molecule has 6 nitrogen and oxygen atoms in total. The Bertz CT molecular complexity index is 1680. The smallest absolute Gasteiger partial charge is 0.262 e. The van der Waals surface area contributed by atoms with Crippen molar-refractivity contribution < 1.29 is 8.42 Å². The van der Waals surface area contributed by atoms with Crippen molar-refractivity contribution in [3.8, 4) is 0 Å². The van der Waals surface area contributed by atoms with Crippen molar-refractivity contribution in [1.82, 2.24) is 9.97 Å². The zero-order valence-corrected chi connectivity index (χ0v) is 15.7. The molecule has 5 aromatic rings. The minimum atomic E-state index is -4.10. The van der Waals surface area contributed by atoms with Gasteiger partial charge in [-0.3, -0.25) is 9.59 Å². The number of hydrogen-bond donors (Lipinski definition) is 2. The van der Waals surface area contributed by atoms with Gasteiger partial charge in [-0.25, -0.2) is 8.42 Å². The molecule has 2 N–H and O–H groups in total. The Hall–Kier alpha value is -3.16. The third-order valence-corrected chi connectivity index (χ3v) is 6.24. The van der Waals surface area contributed by atoms with Crippen LogP contribution in [0.25, 0.3) is 43.6 Å². The summed E-state index contributed by atoms with van der Waals surface area (Å²) >= 11 is 0. The standard InChI is InChI=1S/C20H11ClN2O4S/c21-28(26,27)17-7-3-6-14-18(17)20(25)12-9-15-11(8-16(12)23-14)19(24)10-4-1-2-5-13(10)22-15/h1-9H,(H,22,24)(H,23,25). The van der Waals surface area contributed by atoms with Gasteiger partial charge in [0.05, 0.1) is 26.8 Å². The molecule has 0 aliphatic heterocycles. The number of halogens is 1. The van der Waals surface area contributed by atoms with Crippen molar-refractivity contribution in [1.29, 1.82) is 0 Å². The van der Waals surface area contributed by atoms with Crippen molar-refractivity contribution >= 4 is 63.3 Å². The molecule has 0 amide bonds. The highest BCUT2D eigenvalue weighted by molar-refractivity contribution is 8.14. The number of aromatic nitrogens is 2. The van der Waals surface area contributed by atoms with Crippen molar-refractivity contribution in [2.75, 3.05) is 0 Å². The van der Waals surface area contributed by atoms with Gasteiger partial charge in [0.2, 0.25) is 0 Å². The van der Waals surface area contributed by atoms with Crippen LogP contribution in [-0.4, -0.2) is 18.4 Å². The molecule has 0 unspecified atom stereocenters. The number of benzene rings is 3. The van der Waals surface area contributed by atoms with E-state index in [2.05, 4.69) is 9.97 Å². The molecule has 28 heavy (non-hydrogen) atoms. The molecule has 2 heterocycles. The van der Waals surface area contributed by atoms with E-state index in [1.165, 1.54) is 12.1 Å². The quantitative estimate of drug-likeness (QED) is 0.325. The number of nitrogens with one attached hydrogen (secondary N) is 2. The average molecular weight is 411 g/mol. The topological polar surface area (TPSA) is 99.9 Å². The molecule has 2 aromatic heterocycles. The van der Waals surface area contributed by atoms with Crippen molar-refractivity contribution in [2.45, 2.75) is 4.90 Å². The van der Waals surface area contributed by atoms with E-state index >= 15 is 0 Å². The van der Waals surface area contributed by atoms with E-state index in [0.717, 1.165) is 0 Å². The van der Waals surface area contributed by atoms with Crippen LogP contribution < -0.4 is 10.9 Å². The van der Waals surface area contributed by atoms with Gasteiger partial charge < -0.3 is 9.97 Å². The predicted molar refractivity (Wildman–Crippen MR) is 111 cm³/mol. The maximum Gasteiger partial charge on any atom is 0.262 e. The molecule has 0 spiro atoms. The molecule has 138 valence electrons. The molecule has 0 bridgehead atoms. The first-order valence-corrected chi connectivity index (χ1v) is 10.6. The van der Waals surface area contributed by atoms with Crippen LogP contribution in [0, 0.1) is 0 Å². The minimum absolute atomic E-state index is 0.00696. The molecule has 8 heteroatoms. The van der Waals surface area contributed by atoms with E-state index in [0.29, 0.717) is 32.8 Å². The molecule has 0 atom stereocenters. The maximum absolute atomic E-state index is 13.1. The van der Waals surface area contributed by atoms with Crippen LogP contribution in [0.2, 0.25) is 0 Å². The summed E-state index contributed by atoms with van der Waals surface area (Å²) in [6.07, 6.45) is 0. The fraction of sp³-hybridized carbons (Fsp3) is 0. The van der Waals surface area contributed by atoms with Gasteiger partial charge in [0, 0.05) is 32.4 Å².